The minimum Gasteiger partial charge on any atom is -0.478 e. The Morgan fingerprint density at radius 2 is 2.15 bits per heavy atom. The van der Waals surface area contributed by atoms with Crippen LogP contribution in [-0.4, -0.2) is 36.6 Å². The average molecular weight is 317 g/mol. The van der Waals surface area contributed by atoms with E-state index in [1.807, 2.05) is 19.2 Å². The number of aliphatic carboxylic acids is 1. The van der Waals surface area contributed by atoms with Crippen molar-refractivity contribution in [2.45, 2.75) is 20.4 Å². The van der Waals surface area contributed by atoms with Gasteiger partial charge in [0.25, 0.3) is 0 Å². The lowest BCUT2D eigenvalue weighted by atomic mass is 10.3. The van der Waals surface area contributed by atoms with Crippen LogP contribution in [0.5, 0.6) is 0 Å². The molecule has 7 heteroatoms. The third-order valence-electron chi connectivity index (χ3n) is 2.49. The molecule has 1 heterocycles. The van der Waals surface area contributed by atoms with E-state index in [9.17, 15) is 13.2 Å². The molecule has 0 amide bonds. The van der Waals surface area contributed by atoms with Crippen LogP contribution < -0.4 is 0 Å². The van der Waals surface area contributed by atoms with Crippen molar-refractivity contribution in [3.63, 3.8) is 0 Å². The maximum Gasteiger partial charge on any atom is 0.328 e. The van der Waals surface area contributed by atoms with Crippen LogP contribution >= 0.6 is 11.3 Å². The summed E-state index contributed by atoms with van der Waals surface area (Å²) in [4.78, 5) is 11.2. The third kappa shape index (κ3) is 5.44. The van der Waals surface area contributed by atoms with Gasteiger partial charge in [0.15, 0.2) is 0 Å². The molecule has 0 bridgehead atoms. The first kappa shape index (κ1) is 16.9. The first-order valence-corrected chi connectivity index (χ1v) is 8.62. The molecular weight excluding hydrogens is 298 g/mol. The van der Waals surface area contributed by atoms with Gasteiger partial charge in [-0.15, -0.1) is 11.3 Å². The quantitative estimate of drug-likeness (QED) is 0.783. The Morgan fingerprint density at radius 1 is 1.50 bits per heavy atom. The van der Waals surface area contributed by atoms with Crippen molar-refractivity contribution in [3.8, 4) is 0 Å². The number of carboxylic acid groups (broad SMARTS) is 1. The molecule has 1 aromatic heterocycles. The predicted molar refractivity (Wildman–Crippen MR) is 81.1 cm³/mol. The fourth-order valence-corrected chi connectivity index (χ4v) is 3.86. The Kier molecular flexibility index (Phi) is 5.91. The minimum atomic E-state index is -3.25. The van der Waals surface area contributed by atoms with Crippen LogP contribution in [-0.2, 0) is 21.4 Å². The van der Waals surface area contributed by atoms with Crippen molar-refractivity contribution in [2.24, 2.45) is 5.92 Å². The zero-order valence-corrected chi connectivity index (χ0v) is 13.4. The molecule has 20 heavy (non-hydrogen) atoms. The Hall–Kier alpha value is -1.18. The topological polar surface area (TPSA) is 74.7 Å². The Labute approximate surface area is 123 Å². The normalized spacial score (nSPS) is 12.7. The maximum atomic E-state index is 12.0. The van der Waals surface area contributed by atoms with E-state index in [1.165, 1.54) is 21.7 Å². The second-order valence-electron chi connectivity index (χ2n) is 4.96. The monoisotopic (exact) mass is 317 g/mol. The number of nitrogens with zero attached hydrogens (tertiary/aromatic N) is 1. The van der Waals surface area contributed by atoms with E-state index in [2.05, 4.69) is 0 Å². The van der Waals surface area contributed by atoms with Crippen molar-refractivity contribution in [2.75, 3.05) is 12.8 Å². The summed E-state index contributed by atoms with van der Waals surface area (Å²) in [5, 5.41) is 10.4. The van der Waals surface area contributed by atoms with Crippen molar-refractivity contribution in [1.29, 1.82) is 0 Å². The molecule has 0 aliphatic heterocycles. The molecule has 1 rings (SSSR count). The summed E-state index contributed by atoms with van der Waals surface area (Å²) < 4.78 is 25.3. The van der Waals surface area contributed by atoms with Gasteiger partial charge >= 0.3 is 5.97 Å². The Balaban J connectivity index is 2.72. The summed E-state index contributed by atoms with van der Waals surface area (Å²) in [6, 6.07) is 1.80. The summed E-state index contributed by atoms with van der Waals surface area (Å²) in [6.45, 7) is 4.03. The van der Waals surface area contributed by atoms with Crippen LogP contribution in [0, 0.1) is 5.92 Å². The van der Waals surface area contributed by atoms with E-state index in [0.717, 1.165) is 16.5 Å². The second kappa shape index (κ2) is 7.01. The van der Waals surface area contributed by atoms with Crippen LogP contribution in [0.15, 0.2) is 17.5 Å². The molecule has 0 saturated heterocycles. The van der Waals surface area contributed by atoms with Gasteiger partial charge in [-0.1, -0.05) is 13.8 Å². The highest BCUT2D eigenvalue weighted by molar-refractivity contribution is 7.89. The molecule has 0 saturated carbocycles. The summed E-state index contributed by atoms with van der Waals surface area (Å²) in [6.07, 6.45) is 2.56. The van der Waals surface area contributed by atoms with Crippen molar-refractivity contribution < 1.29 is 18.3 Å². The Bertz CT molecular complexity index is 587. The molecule has 0 spiro atoms. The molecule has 0 aromatic carbocycles. The van der Waals surface area contributed by atoms with Crippen molar-refractivity contribution in [1.82, 2.24) is 4.31 Å². The van der Waals surface area contributed by atoms with Crippen LogP contribution in [0.3, 0.4) is 0 Å². The van der Waals surface area contributed by atoms with E-state index in [-0.39, 0.29) is 11.7 Å². The van der Waals surface area contributed by atoms with E-state index < -0.39 is 16.0 Å². The Morgan fingerprint density at radius 3 is 2.70 bits per heavy atom. The van der Waals surface area contributed by atoms with Crippen LogP contribution in [0.4, 0.5) is 0 Å². The molecule has 0 atom stereocenters. The number of hydrogen-bond acceptors (Lipinski definition) is 4. The fourth-order valence-electron chi connectivity index (χ4n) is 1.62. The highest BCUT2D eigenvalue weighted by Crippen LogP contribution is 2.19. The van der Waals surface area contributed by atoms with Gasteiger partial charge in [0, 0.05) is 24.5 Å². The highest BCUT2D eigenvalue weighted by atomic mass is 32.2. The van der Waals surface area contributed by atoms with Crippen LogP contribution in [0.2, 0.25) is 0 Å². The maximum absolute atomic E-state index is 12.0. The van der Waals surface area contributed by atoms with E-state index in [4.69, 9.17) is 5.11 Å². The predicted octanol–water partition coefficient (Wildman–Crippen LogP) is 2.26. The molecule has 0 radical (unpaired) electrons. The van der Waals surface area contributed by atoms with Gasteiger partial charge in [0.1, 0.15) is 0 Å². The number of carboxylic acids is 1. The van der Waals surface area contributed by atoms with Gasteiger partial charge in [0.2, 0.25) is 10.0 Å². The number of thiophene rings is 1. The smallest absolute Gasteiger partial charge is 0.328 e. The van der Waals surface area contributed by atoms with Gasteiger partial charge in [-0.3, -0.25) is 0 Å². The molecule has 5 nitrogen and oxygen atoms in total. The lowest BCUT2D eigenvalue weighted by molar-refractivity contribution is -0.131. The summed E-state index contributed by atoms with van der Waals surface area (Å²) >= 11 is 1.39. The molecule has 0 aliphatic carbocycles. The minimum absolute atomic E-state index is 0.0824. The number of sulfonamides is 1. The lowest BCUT2D eigenvalue weighted by Crippen LogP contribution is -2.30. The largest absolute Gasteiger partial charge is 0.478 e. The van der Waals surface area contributed by atoms with Crippen LogP contribution in [0.1, 0.15) is 24.3 Å². The van der Waals surface area contributed by atoms with E-state index in [0.29, 0.717) is 6.54 Å². The molecule has 0 aliphatic rings. The van der Waals surface area contributed by atoms with Gasteiger partial charge in [-0.25, -0.2) is 17.5 Å². The molecule has 0 unspecified atom stereocenters. The molecule has 112 valence electrons. The first-order chi connectivity index (χ1) is 9.20. The van der Waals surface area contributed by atoms with Gasteiger partial charge < -0.3 is 5.11 Å². The van der Waals surface area contributed by atoms with Gasteiger partial charge in [-0.05, 0) is 29.0 Å². The third-order valence-corrected chi connectivity index (χ3v) is 5.60. The SMILES string of the molecule is CC(C)CS(=O)(=O)N(C)Cc1csc(C=CC(=O)O)c1. The molecule has 0 fully saturated rings. The first-order valence-electron chi connectivity index (χ1n) is 6.13. The van der Waals surface area contributed by atoms with E-state index in [1.54, 1.807) is 13.1 Å². The standard InChI is InChI=1S/C13H19NO4S2/c1-10(2)9-20(17,18)14(3)7-11-6-12(19-8-11)4-5-13(15)16/h4-6,8,10H,7,9H2,1-3H3,(H,15,16). The van der Waals surface area contributed by atoms with Crippen molar-refractivity contribution >= 4 is 33.4 Å². The molecular formula is C13H19NO4S2. The van der Waals surface area contributed by atoms with Gasteiger partial charge in [0.05, 0.1) is 5.75 Å². The van der Waals surface area contributed by atoms with Crippen LogP contribution in [0.25, 0.3) is 6.08 Å². The number of hydrogen-bond donors (Lipinski definition) is 1. The summed E-state index contributed by atoms with van der Waals surface area (Å²) in [5.74, 6) is -0.796. The highest BCUT2D eigenvalue weighted by Gasteiger charge is 2.19. The van der Waals surface area contributed by atoms with Gasteiger partial charge in [-0.2, -0.15) is 0 Å². The summed E-state index contributed by atoms with van der Waals surface area (Å²) in [5.41, 5.74) is 0.856. The number of carbonyl (C=O) groups is 1. The number of rotatable bonds is 7. The molecule has 1 N–H and O–H groups in total. The fraction of sp³-hybridized carbons (Fsp3) is 0.462. The second-order valence-corrected chi connectivity index (χ2v) is 8.02. The summed E-state index contributed by atoms with van der Waals surface area (Å²) in [7, 11) is -1.69. The zero-order chi connectivity index (χ0) is 15.3. The van der Waals surface area contributed by atoms with Crippen molar-refractivity contribution in [3.05, 3.63) is 28.0 Å². The molecule has 1 aromatic rings. The average Bonchev–Trinajstić information content (AvgIpc) is 2.72. The van der Waals surface area contributed by atoms with E-state index >= 15 is 0 Å². The zero-order valence-electron chi connectivity index (χ0n) is 11.7. The lowest BCUT2D eigenvalue weighted by Gasteiger charge is -2.17.